The lowest BCUT2D eigenvalue weighted by Gasteiger charge is -2.07. The maximum Gasteiger partial charge on any atom is 0.338 e. The van der Waals surface area contributed by atoms with Gasteiger partial charge in [-0.15, -0.1) is 0 Å². The van der Waals surface area contributed by atoms with E-state index in [1.807, 2.05) is 66.7 Å². The average Bonchev–Trinajstić information content (AvgIpc) is 2.69. The predicted octanol–water partition coefficient (Wildman–Crippen LogP) is 4.98. The molecule has 3 aromatic rings. The number of nitrogens with zero attached hydrogens (tertiary/aromatic N) is 1. The van der Waals surface area contributed by atoms with E-state index < -0.39 is 0 Å². The first-order valence-electron chi connectivity index (χ1n) is 8.48. The fourth-order valence-corrected chi connectivity index (χ4v) is 2.56. The minimum Gasteiger partial charge on any atom is -0.462 e. The highest BCUT2D eigenvalue weighted by atomic mass is 16.5. The van der Waals surface area contributed by atoms with Crippen LogP contribution in [0.3, 0.4) is 0 Å². The molecular weight excluding hydrogens is 324 g/mol. The molecule has 0 heterocycles. The topological polar surface area (TPSA) is 50.7 Å². The summed E-state index contributed by atoms with van der Waals surface area (Å²) in [7, 11) is 0. The maximum atomic E-state index is 11.8. The van der Waals surface area contributed by atoms with Crippen LogP contribution in [0.4, 0.5) is 5.69 Å². The Kier molecular flexibility index (Phi) is 5.78. The van der Waals surface area contributed by atoms with E-state index in [9.17, 15) is 4.79 Å². The summed E-state index contributed by atoms with van der Waals surface area (Å²) >= 11 is 0. The summed E-state index contributed by atoms with van der Waals surface area (Å²) in [6.45, 7) is 2.17. The average molecular weight is 344 g/mol. The molecule has 0 saturated carbocycles. The van der Waals surface area contributed by atoms with Crippen molar-refractivity contribution in [1.29, 1.82) is 0 Å². The van der Waals surface area contributed by atoms with E-state index in [0.717, 1.165) is 22.4 Å². The zero-order valence-electron chi connectivity index (χ0n) is 14.6. The van der Waals surface area contributed by atoms with Crippen molar-refractivity contribution in [2.24, 2.45) is 5.10 Å². The van der Waals surface area contributed by atoms with Gasteiger partial charge in [0.2, 0.25) is 0 Å². The second-order valence-electron chi connectivity index (χ2n) is 5.62. The second-order valence-corrected chi connectivity index (χ2v) is 5.62. The van der Waals surface area contributed by atoms with Gasteiger partial charge in [-0.3, -0.25) is 5.43 Å². The molecule has 4 heteroatoms. The lowest BCUT2D eigenvalue weighted by Crippen LogP contribution is -2.04. The molecule has 0 spiro atoms. The number of esters is 1. The highest BCUT2D eigenvalue weighted by Crippen LogP contribution is 2.23. The second kappa shape index (κ2) is 8.62. The van der Waals surface area contributed by atoms with Crippen LogP contribution in [-0.2, 0) is 4.74 Å². The van der Waals surface area contributed by atoms with Gasteiger partial charge in [-0.05, 0) is 42.3 Å². The minimum absolute atomic E-state index is 0.305. The normalized spacial score (nSPS) is 10.7. The van der Waals surface area contributed by atoms with Crippen molar-refractivity contribution in [2.75, 3.05) is 12.0 Å². The number of hydrazone groups is 1. The number of hydrogen-bond donors (Lipinski definition) is 1. The van der Waals surface area contributed by atoms with Crippen LogP contribution in [0.1, 0.15) is 22.8 Å². The van der Waals surface area contributed by atoms with Crippen molar-refractivity contribution in [1.82, 2.24) is 0 Å². The molecule has 0 aliphatic heterocycles. The Labute approximate surface area is 153 Å². The molecule has 3 aromatic carbocycles. The van der Waals surface area contributed by atoms with Crippen molar-refractivity contribution in [3.05, 3.63) is 90.0 Å². The van der Waals surface area contributed by atoms with Crippen molar-refractivity contribution in [3.63, 3.8) is 0 Å². The summed E-state index contributed by atoms with van der Waals surface area (Å²) in [5.41, 5.74) is 7.54. The smallest absolute Gasteiger partial charge is 0.338 e. The van der Waals surface area contributed by atoms with Crippen LogP contribution in [0.15, 0.2) is 84.0 Å². The van der Waals surface area contributed by atoms with Gasteiger partial charge in [-0.1, -0.05) is 54.6 Å². The van der Waals surface area contributed by atoms with Gasteiger partial charge >= 0.3 is 5.97 Å². The van der Waals surface area contributed by atoms with Crippen LogP contribution in [-0.4, -0.2) is 18.8 Å². The van der Waals surface area contributed by atoms with Crippen LogP contribution in [0.25, 0.3) is 11.1 Å². The molecule has 3 rings (SSSR count). The van der Waals surface area contributed by atoms with E-state index in [1.54, 1.807) is 25.3 Å². The highest BCUT2D eigenvalue weighted by Gasteiger charge is 2.08. The molecule has 0 saturated heterocycles. The highest BCUT2D eigenvalue weighted by molar-refractivity contribution is 5.93. The number of para-hydroxylation sites is 1. The molecular formula is C22H20N2O2. The van der Waals surface area contributed by atoms with Gasteiger partial charge in [0, 0.05) is 5.56 Å². The first-order valence-corrected chi connectivity index (χ1v) is 8.48. The molecule has 0 radical (unpaired) electrons. The Hall–Kier alpha value is -3.40. The van der Waals surface area contributed by atoms with E-state index in [2.05, 4.69) is 10.5 Å². The van der Waals surface area contributed by atoms with E-state index >= 15 is 0 Å². The number of anilines is 1. The van der Waals surface area contributed by atoms with Crippen LogP contribution >= 0.6 is 0 Å². The van der Waals surface area contributed by atoms with E-state index in [1.165, 1.54) is 0 Å². The third kappa shape index (κ3) is 4.36. The molecule has 0 aliphatic rings. The Bertz CT molecular complexity index is 888. The molecule has 0 amide bonds. The van der Waals surface area contributed by atoms with Crippen molar-refractivity contribution in [3.8, 4) is 11.1 Å². The van der Waals surface area contributed by atoms with Gasteiger partial charge in [0.1, 0.15) is 0 Å². The largest absolute Gasteiger partial charge is 0.462 e. The predicted molar refractivity (Wildman–Crippen MR) is 105 cm³/mol. The molecule has 0 aromatic heterocycles. The SMILES string of the molecule is CCOC(=O)c1ccc(-c2ccccc2C=NNc2ccccc2)cc1. The first-order chi connectivity index (χ1) is 12.8. The molecule has 130 valence electrons. The number of nitrogens with one attached hydrogen (secondary N) is 1. The standard InChI is InChI=1S/C22H20N2O2/c1-2-26-22(25)18-14-12-17(13-15-18)21-11-7-6-8-19(21)16-23-24-20-9-4-3-5-10-20/h3-16,24H,2H2,1H3. The summed E-state index contributed by atoms with van der Waals surface area (Å²) < 4.78 is 5.02. The zero-order valence-corrected chi connectivity index (χ0v) is 14.6. The summed E-state index contributed by atoms with van der Waals surface area (Å²) in [5, 5.41) is 4.32. The van der Waals surface area contributed by atoms with Gasteiger partial charge in [0.05, 0.1) is 24.1 Å². The monoisotopic (exact) mass is 344 g/mol. The quantitative estimate of drug-likeness (QED) is 0.390. The molecule has 0 aliphatic carbocycles. The number of ether oxygens (including phenoxy) is 1. The van der Waals surface area contributed by atoms with Crippen LogP contribution < -0.4 is 5.43 Å². The molecule has 0 bridgehead atoms. The number of carbonyl (C=O) groups is 1. The van der Waals surface area contributed by atoms with Crippen LogP contribution in [0.5, 0.6) is 0 Å². The lowest BCUT2D eigenvalue weighted by molar-refractivity contribution is 0.0526. The summed E-state index contributed by atoms with van der Waals surface area (Å²) in [4.78, 5) is 11.8. The fourth-order valence-electron chi connectivity index (χ4n) is 2.56. The fraction of sp³-hybridized carbons (Fsp3) is 0.0909. The van der Waals surface area contributed by atoms with Crippen molar-refractivity contribution >= 4 is 17.9 Å². The molecule has 0 unspecified atom stereocenters. The van der Waals surface area contributed by atoms with Gasteiger partial charge in [-0.2, -0.15) is 5.10 Å². The van der Waals surface area contributed by atoms with Crippen molar-refractivity contribution < 1.29 is 9.53 Å². The third-order valence-electron chi connectivity index (χ3n) is 3.84. The van der Waals surface area contributed by atoms with E-state index in [-0.39, 0.29) is 5.97 Å². The van der Waals surface area contributed by atoms with Gasteiger partial charge < -0.3 is 4.74 Å². The Morgan fingerprint density at radius 2 is 1.65 bits per heavy atom. The maximum absolute atomic E-state index is 11.8. The van der Waals surface area contributed by atoms with Crippen molar-refractivity contribution in [2.45, 2.75) is 6.92 Å². The Morgan fingerprint density at radius 3 is 2.38 bits per heavy atom. The number of carbonyl (C=O) groups excluding carboxylic acids is 1. The molecule has 0 atom stereocenters. The van der Waals surface area contributed by atoms with Gasteiger partial charge in [0.15, 0.2) is 0 Å². The lowest BCUT2D eigenvalue weighted by atomic mass is 9.99. The third-order valence-corrected chi connectivity index (χ3v) is 3.84. The number of benzene rings is 3. The van der Waals surface area contributed by atoms with Gasteiger partial charge in [-0.25, -0.2) is 4.79 Å². The zero-order chi connectivity index (χ0) is 18.2. The van der Waals surface area contributed by atoms with E-state index in [4.69, 9.17) is 4.74 Å². The van der Waals surface area contributed by atoms with E-state index in [0.29, 0.717) is 12.2 Å². The summed E-state index contributed by atoms with van der Waals surface area (Å²) in [6.07, 6.45) is 1.79. The van der Waals surface area contributed by atoms with Crippen LogP contribution in [0.2, 0.25) is 0 Å². The molecule has 1 N–H and O–H groups in total. The molecule has 0 fully saturated rings. The first kappa shape index (κ1) is 17.4. The Morgan fingerprint density at radius 1 is 0.962 bits per heavy atom. The molecule has 26 heavy (non-hydrogen) atoms. The summed E-state index contributed by atoms with van der Waals surface area (Å²) in [6, 6.07) is 25.2. The Balaban J connectivity index is 1.79. The molecule has 4 nitrogen and oxygen atoms in total. The minimum atomic E-state index is -0.305. The van der Waals surface area contributed by atoms with Crippen LogP contribution in [0, 0.1) is 0 Å². The number of rotatable bonds is 6. The summed E-state index contributed by atoms with van der Waals surface area (Å²) in [5.74, 6) is -0.305. The number of hydrogen-bond acceptors (Lipinski definition) is 4. The van der Waals surface area contributed by atoms with Gasteiger partial charge in [0.25, 0.3) is 0 Å².